The summed E-state index contributed by atoms with van der Waals surface area (Å²) in [6.45, 7) is 0.786. The highest BCUT2D eigenvalue weighted by Gasteiger charge is 2.28. The van der Waals surface area contributed by atoms with Crippen LogP contribution in [0.1, 0.15) is 30.0 Å². The van der Waals surface area contributed by atoms with Crippen molar-refractivity contribution in [3.8, 4) is 11.3 Å². The Morgan fingerprint density at radius 3 is 2.57 bits per heavy atom. The third kappa shape index (κ3) is 4.74. The molecule has 1 fully saturated rings. The lowest BCUT2D eigenvalue weighted by molar-refractivity contribution is 0.557. The van der Waals surface area contributed by atoms with Crippen molar-refractivity contribution in [2.24, 2.45) is 0 Å². The van der Waals surface area contributed by atoms with Gasteiger partial charge in [0, 0.05) is 41.5 Å². The van der Waals surface area contributed by atoms with Gasteiger partial charge < -0.3 is 0 Å². The number of benzene rings is 1. The quantitative estimate of drug-likeness (QED) is 0.635. The van der Waals surface area contributed by atoms with Gasteiger partial charge in [-0.05, 0) is 42.7 Å². The fourth-order valence-corrected chi connectivity index (χ4v) is 3.86. The second-order valence-corrected chi connectivity index (χ2v) is 8.49. The SMILES string of the molecule is O=S(=O)(C=Cc1ccccc1)NCCn1nc(-c2ccncc2)cc1C1CC1. The minimum absolute atomic E-state index is 0.290. The van der Waals surface area contributed by atoms with Crippen LogP contribution in [0.4, 0.5) is 0 Å². The Balaban J connectivity index is 1.42. The van der Waals surface area contributed by atoms with E-state index in [2.05, 4.69) is 15.8 Å². The summed E-state index contributed by atoms with van der Waals surface area (Å²) in [5.41, 5.74) is 3.93. The van der Waals surface area contributed by atoms with Gasteiger partial charge in [0.2, 0.25) is 10.0 Å². The predicted octanol–water partition coefficient (Wildman–Crippen LogP) is 3.41. The zero-order chi connectivity index (χ0) is 19.4. The summed E-state index contributed by atoms with van der Waals surface area (Å²) in [6.07, 6.45) is 7.41. The van der Waals surface area contributed by atoms with Crippen molar-refractivity contribution in [1.29, 1.82) is 0 Å². The zero-order valence-corrected chi connectivity index (χ0v) is 16.2. The van der Waals surface area contributed by atoms with Gasteiger partial charge in [-0.3, -0.25) is 9.67 Å². The first kappa shape index (κ1) is 18.6. The van der Waals surface area contributed by atoms with Crippen molar-refractivity contribution < 1.29 is 8.42 Å². The monoisotopic (exact) mass is 394 g/mol. The van der Waals surface area contributed by atoms with E-state index in [0.29, 0.717) is 19.0 Å². The average molecular weight is 395 g/mol. The number of rotatable bonds is 8. The van der Waals surface area contributed by atoms with Crippen molar-refractivity contribution in [1.82, 2.24) is 19.5 Å². The van der Waals surface area contributed by atoms with Gasteiger partial charge in [-0.25, -0.2) is 13.1 Å². The highest BCUT2D eigenvalue weighted by molar-refractivity contribution is 7.92. The molecule has 28 heavy (non-hydrogen) atoms. The van der Waals surface area contributed by atoms with Crippen LogP contribution in [0.5, 0.6) is 0 Å². The van der Waals surface area contributed by atoms with Crippen molar-refractivity contribution in [2.45, 2.75) is 25.3 Å². The third-order valence-electron chi connectivity index (χ3n) is 4.65. The summed E-state index contributed by atoms with van der Waals surface area (Å²) in [4.78, 5) is 4.05. The minimum Gasteiger partial charge on any atom is -0.267 e. The van der Waals surface area contributed by atoms with Gasteiger partial charge in [-0.2, -0.15) is 5.10 Å². The third-order valence-corrected chi connectivity index (χ3v) is 5.75. The number of hydrogen-bond acceptors (Lipinski definition) is 4. The number of nitrogens with zero attached hydrogens (tertiary/aromatic N) is 3. The second-order valence-electron chi connectivity index (χ2n) is 6.84. The van der Waals surface area contributed by atoms with Gasteiger partial charge in [-0.1, -0.05) is 30.3 Å². The molecule has 1 aliphatic carbocycles. The average Bonchev–Trinajstić information content (AvgIpc) is 3.48. The van der Waals surface area contributed by atoms with Crippen molar-refractivity contribution >= 4 is 16.1 Å². The number of aromatic nitrogens is 3. The molecule has 0 atom stereocenters. The van der Waals surface area contributed by atoms with Gasteiger partial charge in [0.1, 0.15) is 0 Å². The first-order valence-electron chi connectivity index (χ1n) is 9.32. The molecule has 6 nitrogen and oxygen atoms in total. The van der Waals surface area contributed by atoms with E-state index in [4.69, 9.17) is 5.10 Å². The van der Waals surface area contributed by atoms with E-state index in [9.17, 15) is 8.42 Å². The maximum absolute atomic E-state index is 12.2. The molecule has 0 amide bonds. The second kappa shape index (κ2) is 8.08. The van der Waals surface area contributed by atoms with Crippen LogP contribution in [0.2, 0.25) is 0 Å². The molecule has 0 unspecified atom stereocenters. The molecule has 0 spiro atoms. The first-order valence-corrected chi connectivity index (χ1v) is 10.9. The Morgan fingerprint density at radius 2 is 1.86 bits per heavy atom. The molecule has 1 saturated carbocycles. The van der Waals surface area contributed by atoms with Crippen LogP contribution in [0.3, 0.4) is 0 Å². The van der Waals surface area contributed by atoms with Gasteiger partial charge in [0.05, 0.1) is 12.2 Å². The van der Waals surface area contributed by atoms with Crippen LogP contribution >= 0.6 is 0 Å². The molecule has 0 radical (unpaired) electrons. The number of pyridine rings is 1. The van der Waals surface area contributed by atoms with Crippen LogP contribution in [-0.4, -0.2) is 29.7 Å². The summed E-state index contributed by atoms with van der Waals surface area (Å²) in [7, 11) is -3.49. The first-order chi connectivity index (χ1) is 13.6. The molecule has 1 aromatic carbocycles. The standard InChI is InChI=1S/C21H22N4O2S/c26-28(27,15-10-17-4-2-1-3-5-17)23-13-14-25-21(19-6-7-19)16-20(24-25)18-8-11-22-12-9-18/h1-5,8-12,15-16,19,23H,6-7,13-14H2. The van der Waals surface area contributed by atoms with E-state index < -0.39 is 10.0 Å². The fraction of sp³-hybridized carbons (Fsp3) is 0.238. The Hall–Kier alpha value is -2.77. The van der Waals surface area contributed by atoms with Crippen LogP contribution in [0.15, 0.2) is 66.3 Å². The van der Waals surface area contributed by atoms with Crippen LogP contribution in [-0.2, 0) is 16.6 Å². The van der Waals surface area contributed by atoms with Gasteiger partial charge in [-0.15, -0.1) is 0 Å². The Kier molecular flexibility index (Phi) is 5.36. The molecule has 2 heterocycles. The summed E-state index contributed by atoms with van der Waals surface area (Å²) >= 11 is 0. The normalized spacial score (nSPS) is 14.6. The van der Waals surface area contributed by atoms with E-state index in [1.807, 2.05) is 47.1 Å². The lowest BCUT2D eigenvalue weighted by atomic mass is 10.2. The molecule has 3 aromatic rings. The number of sulfonamides is 1. The summed E-state index contributed by atoms with van der Waals surface area (Å²) in [6, 6.07) is 15.3. The maximum Gasteiger partial charge on any atom is 0.233 e. The minimum atomic E-state index is -3.49. The molecule has 0 aliphatic heterocycles. The maximum atomic E-state index is 12.2. The van der Waals surface area contributed by atoms with Crippen molar-refractivity contribution in [3.05, 3.63) is 77.6 Å². The van der Waals surface area contributed by atoms with Crippen LogP contribution in [0, 0.1) is 0 Å². The Bertz CT molecular complexity index is 1060. The lowest BCUT2D eigenvalue weighted by Crippen LogP contribution is -2.26. The van der Waals surface area contributed by atoms with E-state index in [1.165, 1.54) is 11.1 Å². The molecule has 2 aromatic heterocycles. The van der Waals surface area contributed by atoms with E-state index in [0.717, 1.165) is 29.7 Å². The van der Waals surface area contributed by atoms with E-state index in [1.54, 1.807) is 18.5 Å². The number of nitrogens with one attached hydrogen (secondary N) is 1. The Morgan fingerprint density at radius 1 is 1.11 bits per heavy atom. The molecule has 4 rings (SSSR count). The van der Waals surface area contributed by atoms with E-state index in [-0.39, 0.29) is 0 Å². The topological polar surface area (TPSA) is 76.9 Å². The molecule has 1 N–H and O–H groups in total. The van der Waals surface area contributed by atoms with Gasteiger partial charge >= 0.3 is 0 Å². The molecule has 7 heteroatoms. The smallest absolute Gasteiger partial charge is 0.233 e. The summed E-state index contributed by atoms with van der Waals surface area (Å²) in [5.74, 6) is 0.526. The fourth-order valence-electron chi connectivity index (χ4n) is 3.06. The highest BCUT2D eigenvalue weighted by atomic mass is 32.2. The largest absolute Gasteiger partial charge is 0.267 e. The zero-order valence-electron chi connectivity index (χ0n) is 15.4. The molecular weight excluding hydrogens is 372 g/mol. The van der Waals surface area contributed by atoms with Crippen molar-refractivity contribution in [2.75, 3.05) is 6.54 Å². The van der Waals surface area contributed by atoms with Gasteiger partial charge in [0.15, 0.2) is 0 Å². The van der Waals surface area contributed by atoms with Gasteiger partial charge in [0.25, 0.3) is 0 Å². The molecule has 1 aliphatic rings. The predicted molar refractivity (Wildman–Crippen MR) is 110 cm³/mol. The van der Waals surface area contributed by atoms with E-state index >= 15 is 0 Å². The lowest BCUT2D eigenvalue weighted by Gasteiger charge is -2.07. The number of hydrogen-bond donors (Lipinski definition) is 1. The molecule has 144 valence electrons. The molecule has 0 bridgehead atoms. The Labute approximate surface area is 165 Å². The van der Waals surface area contributed by atoms with Crippen molar-refractivity contribution in [3.63, 3.8) is 0 Å². The summed E-state index contributed by atoms with van der Waals surface area (Å²) < 4.78 is 29.0. The summed E-state index contributed by atoms with van der Waals surface area (Å²) in [5, 5.41) is 5.89. The molecular formula is C21H22N4O2S. The van der Waals surface area contributed by atoms with Crippen LogP contribution in [0.25, 0.3) is 17.3 Å². The van der Waals surface area contributed by atoms with Crippen LogP contribution < -0.4 is 4.72 Å². The molecule has 0 saturated heterocycles. The highest BCUT2D eigenvalue weighted by Crippen LogP contribution is 2.41.